The summed E-state index contributed by atoms with van der Waals surface area (Å²) >= 11 is 0. The second-order valence-electron chi connectivity index (χ2n) is 7.45. The molecule has 0 saturated carbocycles. The van der Waals surface area contributed by atoms with E-state index in [0.717, 1.165) is 89.9 Å². The van der Waals surface area contributed by atoms with E-state index in [2.05, 4.69) is 9.78 Å². The van der Waals surface area contributed by atoms with E-state index in [-0.39, 0.29) is 26.2 Å². The first kappa shape index (κ1) is 26.8. The van der Waals surface area contributed by atoms with Crippen molar-refractivity contribution in [2.45, 2.75) is 116 Å². The van der Waals surface area contributed by atoms with Crippen LogP contribution in [0.25, 0.3) is 0 Å². The summed E-state index contributed by atoms with van der Waals surface area (Å²) in [6, 6.07) is 0. The van der Waals surface area contributed by atoms with Crippen LogP contribution in [0.15, 0.2) is 0 Å². The molecule has 0 aromatic carbocycles. The normalized spacial score (nSPS) is 10.8. The summed E-state index contributed by atoms with van der Waals surface area (Å²) < 4.78 is 23.8. The van der Waals surface area contributed by atoms with Gasteiger partial charge in [0.2, 0.25) is 0 Å². The van der Waals surface area contributed by atoms with E-state index < -0.39 is 11.9 Å². The molecule has 0 fully saturated rings. The van der Waals surface area contributed by atoms with Crippen molar-refractivity contribution in [3.8, 4) is 0 Å². The molecule has 0 aliphatic carbocycles. The van der Waals surface area contributed by atoms with E-state index in [4.69, 9.17) is 0 Å². The van der Waals surface area contributed by atoms with E-state index in [1.54, 1.807) is 0 Å². The fraction of sp³-hybridized carbons (Fsp3) is 0.909. The molecule has 0 saturated heterocycles. The average molecular weight is 407 g/mol. The molecule has 0 rings (SSSR count). The van der Waals surface area contributed by atoms with Crippen molar-refractivity contribution in [3.05, 3.63) is 0 Å². The molecular weight excluding hydrogens is 366 g/mol. The van der Waals surface area contributed by atoms with Crippen molar-refractivity contribution in [3.63, 3.8) is 0 Å². The van der Waals surface area contributed by atoms with Crippen molar-refractivity contribution < 1.29 is 28.1 Å². The first-order chi connectivity index (χ1) is 13.7. The Morgan fingerprint density at radius 3 is 0.964 bits per heavy atom. The molecule has 0 N–H and O–H groups in total. The smallest absolute Gasteiger partial charge is 0.251 e. The second kappa shape index (κ2) is 22.1. The lowest BCUT2D eigenvalue weighted by atomic mass is 10.1. The molecule has 28 heavy (non-hydrogen) atoms. The number of carbonyl (C=O) groups excluding carboxylic acids is 2. The van der Waals surface area contributed by atoms with E-state index >= 15 is 0 Å². The molecule has 0 aliphatic rings. The zero-order chi connectivity index (χ0) is 20.7. The summed E-state index contributed by atoms with van der Waals surface area (Å²) in [5.41, 5.74) is 0. The number of unbranched alkanes of at least 4 members (excludes halogenated alkanes) is 14. The summed E-state index contributed by atoms with van der Waals surface area (Å²) in [4.78, 5) is 32.1. The van der Waals surface area contributed by atoms with Gasteiger partial charge < -0.3 is 0 Å². The highest BCUT2D eigenvalue weighted by Gasteiger charge is 2.09. The lowest BCUT2D eigenvalue weighted by Crippen LogP contribution is -2.11. The minimum Gasteiger partial charge on any atom is -0.251 e. The van der Waals surface area contributed by atoms with Gasteiger partial charge in [-0.3, -0.25) is 8.78 Å². The molecule has 4 nitrogen and oxygen atoms in total. The number of halogens is 2. The number of hydrogen-bond donors (Lipinski definition) is 0. The predicted molar refractivity (Wildman–Crippen MR) is 107 cm³/mol. The van der Waals surface area contributed by atoms with Crippen molar-refractivity contribution >= 4 is 11.9 Å². The molecule has 0 atom stereocenters. The number of rotatable bonds is 20. The number of hydrogen-bond acceptors (Lipinski definition) is 4. The Balaban J connectivity index is 3.32. The highest BCUT2D eigenvalue weighted by molar-refractivity contribution is 5.72. The number of alkyl halides is 2. The molecule has 0 spiro atoms. The van der Waals surface area contributed by atoms with E-state index in [9.17, 15) is 18.4 Å². The third kappa shape index (κ3) is 21.1. The van der Waals surface area contributed by atoms with Crippen LogP contribution in [0.1, 0.15) is 116 Å². The van der Waals surface area contributed by atoms with Gasteiger partial charge in [0, 0.05) is 0 Å². The van der Waals surface area contributed by atoms with Gasteiger partial charge in [0.05, 0.1) is 26.2 Å². The molecule has 0 unspecified atom stereocenters. The van der Waals surface area contributed by atoms with E-state index in [0.29, 0.717) is 12.8 Å². The molecular formula is C22H40F2O4. The quantitative estimate of drug-likeness (QED) is 0.125. The maximum atomic E-state index is 11.9. The molecule has 6 heteroatoms. The average Bonchev–Trinajstić information content (AvgIpc) is 2.69. The minimum atomic E-state index is -0.496. The fourth-order valence-electron chi connectivity index (χ4n) is 3.03. The molecule has 0 bridgehead atoms. The standard InChI is InChI=1S/C22H40F2O4/c23-19-15-11-7-3-1-5-9-13-17-21(25)27-28-22(26)18-14-10-6-2-4-8-12-16-20-24/h1-20H2. The first-order valence-corrected chi connectivity index (χ1v) is 11.2. The molecule has 0 aromatic rings. The van der Waals surface area contributed by atoms with Gasteiger partial charge in [-0.05, 0) is 25.7 Å². The summed E-state index contributed by atoms with van der Waals surface area (Å²) in [5.74, 6) is -0.992. The minimum absolute atomic E-state index is 0.226. The van der Waals surface area contributed by atoms with Crippen LogP contribution < -0.4 is 0 Å². The van der Waals surface area contributed by atoms with Crippen LogP contribution in [-0.4, -0.2) is 25.3 Å². The van der Waals surface area contributed by atoms with Crippen molar-refractivity contribution in [2.75, 3.05) is 13.3 Å². The second-order valence-corrected chi connectivity index (χ2v) is 7.45. The fourth-order valence-corrected chi connectivity index (χ4v) is 3.03. The summed E-state index contributed by atoms with van der Waals surface area (Å²) in [6.07, 6.45) is 15.8. The maximum absolute atomic E-state index is 11.9. The largest absolute Gasteiger partial charge is 0.355 e. The highest BCUT2D eigenvalue weighted by atomic mass is 19.1. The van der Waals surface area contributed by atoms with Crippen LogP contribution in [0.2, 0.25) is 0 Å². The molecule has 0 aliphatic heterocycles. The molecule has 0 aromatic heterocycles. The first-order valence-electron chi connectivity index (χ1n) is 11.2. The van der Waals surface area contributed by atoms with Crippen molar-refractivity contribution in [1.82, 2.24) is 0 Å². The summed E-state index contributed by atoms with van der Waals surface area (Å²) in [7, 11) is 0. The van der Waals surface area contributed by atoms with Crippen molar-refractivity contribution in [2.24, 2.45) is 0 Å². The molecule has 0 radical (unpaired) electrons. The van der Waals surface area contributed by atoms with Gasteiger partial charge in [-0.25, -0.2) is 19.4 Å². The SMILES string of the molecule is O=C(CCCCCCCCCCF)OOC(=O)CCCCCCCCCCF. The third-order valence-corrected chi connectivity index (χ3v) is 4.76. The van der Waals surface area contributed by atoms with Crippen LogP contribution in [0.3, 0.4) is 0 Å². The van der Waals surface area contributed by atoms with Gasteiger partial charge in [0.1, 0.15) is 0 Å². The van der Waals surface area contributed by atoms with E-state index in [1.807, 2.05) is 0 Å². The van der Waals surface area contributed by atoms with Crippen LogP contribution in [-0.2, 0) is 19.4 Å². The Morgan fingerprint density at radius 2 is 0.679 bits per heavy atom. The van der Waals surface area contributed by atoms with Crippen LogP contribution in [0.5, 0.6) is 0 Å². The molecule has 166 valence electrons. The van der Waals surface area contributed by atoms with Gasteiger partial charge >= 0.3 is 11.9 Å². The highest BCUT2D eigenvalue weighted by Crippen LogP contribution is 2.12. The zero-order valence-corrected chi connectivity index (χ0v) is 17.5. The number of carbonyl (C=O) groups is 2. The van der Waals surface area contributed by atoms with Crippen LogP contribution >= 0.6 is 0 Å². The lowest BCUT2D eigenvalue weighted by Gasteiger charge is -2.04. The Kier molecular flexibility index (Phi) is 21.1. The Bertz CT molecular complexity index is 330. The van der Waals surface area contributed by atoms with Gasteiger partial charge in [-0.2, -0.15) is 0 Å². The zero-order valence-electron chi connectivity index (χ0n) is 17.5. The van der Waals surface area contributed by atoms with Gasteiger partial charge in [-0.15, -0.1) is 0 Å². The van der Waals surface area contributed by atoms with Gasteiger partial charge in [0.15, 0.2) is 0 Å². The molecule has 0 heterocycles. The monoisotopic (exact) mass is 406 g/mol. The lowest BCUT2D eigenvalue weighted by molar-refractivity contribution is -0.259. The topological polar surface area (TPSA) is 52.6 Å². The predicted octanol–water partition coefficient (Wildman–Crippen LogP) is 6.95. The van der Waals surface area contributed by atoms with Gasteiger partial charge in [-0.1, -0.05) is 77.0 Å². The third-order valence-electron chi connectivity index (χ3n) is 4.76. The van der Waals surface area contributed by atoms with E-state index in [1.165, 1.54) is 0 Å². The Morgan fingerprint density at radius 1 is 0.429 bits per heavy atom. The van der Waals surface area contributed by atoms with Crippen molar-refractivity contribution in [1.29, 1.82) is 0 Å². The maximum Gasteiger partial charge on any atom is 0.355 e. The Labute approximate surface area is 169 Å². The van der Waals surface area contributed by atoms with Crippen LogP contribution in [0.4, 0.5) is 8.78 Å². The summed E-state index contributed by atoms with van der Waals surface area (Å²) in [6.45, 7) is -0.452. The summed E-state index contributed by atoms with van der Waals surface area (Å²) in [5, 5.41) is 0. The Hall–Kier alpha value is -1.20. The van der Waals surface area contributed by atoms with Gasteiger partial charge in [0.25, 0.3) is 0 Å². The van der Waals surface area contributed by atoms with Crippen LogP contribution in [0, 0.1) is 0 Å². The molecule has 0 amide bonds.